The van der Waals surface area contributed by atoms with Gasteiger partial charge in [-0.15, -0.1) is 11.3 Å². The molecule has 2 aliphatic heterocycles. The van der Waals surface area contributed by atoms with E-state index >= 15 is 0 Å². The van der Waals surface area contributed by atoms with E-state index in [0.29, 0.717) is 12.0 Å². The lowest BCUT2D eigenvalue weighted by Crippen LogP contribution is -2.37. The Kier molecular flexibility index (Phi) is 6.31. The summed E-state index contributed by atoms with van der Waals surface area (Å²) in [6.07, 6.45) is 3.44. The molecule has 3 aromatic rings. The van der Waals surface area contributed by atoms with Gasteiger partial charge in [-0.1, -0.05) is 30.3 Å². The van der Waals surface area contributed by atoms with Crippen molar-refractivity contribution in [3.05, 3.63) is 35.7 Å². The zero-order valence-electron chi connectivity index (χ0n) is 19.3. The molecule has 2 aliphatic rings. The van der Waals surface area contributed by atoms with Crippen LogP contribution < -0.4 is 9.80 Å². The van der Waals surface area contributed by atoms with E-state index < -0.39 is 0 Å². The average Bonchev–Trinajstić information content (AvgIpc) is 3.46. The number of likely N-dealkylation sites (N-methyl/N-ethyl adjacent to an activating group) is 2. The second-order valence-corrected chi connectivity index (χ2v) is 10.1. The lowest BCUT2D eigenvalue weighted by molar-refractivity contribution is 0.139. The molecular weight excluding hydrogens is 418 g/mol. The predicted octanol–water partition coefficient (Wildman–Crippen LogP) is 4.36. The van der Waals surface area contributed by atoms with E-state index in [0.717, 1.165) is 68.6 Å². The number of rotatable bonds is 6. The molecule has 1 unspecified atom stereocenters. The third-order valence-corrected chi connectivity index (χ3v) is 7.91. The number of ether oxygens (including phenoxy) is 1. The number of methoxy groups -OCH3 is 1. The molecule has 1 aromatic carbocycles. The Morgan fingerprint density at radius 2 is 1.88 bits per heavy atom. The normalized spacial score (nSPS) is 20.3. The Morgan fingerprint density at radius 1 is 1.09 bits per heavy atom. The first-order valence-electron chi connectivity index (χ1n) is 11.6. The first-order chi connectivity index (χ1) is 15.6. The van der Waals surface area contributed by atoms with Gasteiger partial charge in [0, 0.05) is 57.4 Å². The number of hydrogen-bond acceptors (Lipinski definition) is 7. The molecule has 0 saturated carbocycles. The molecule has 1 atom stereocenters. The average molecular weight is 452 g/mol. The van der Waals surface area contributed by atoms with Gasteiger partial charge in [0.15, 0.2) is 0 Å². The summed E-state index contributed by atoms with van der Waals surface area (Å²) in [5, 5.41) is 3.45. The first kappa shape index (κ1) is 21.6. The Balaban J connectivity index is 1.55. The number of piperidine rings is 1. The number of fused-ring (bicyclic) bond motifs is 1. The Morgan fingerprint density at radius 3 is 2.56 bits per heavy atom. The van der Waals surface area contributed by atoms with Crippen molar-refractivity contribution in [1.29, 1.82) is 0 Å². The van der Waals surface area contributed by atoms with Gasteiger partial charge in [0.1, 0.15) is 10.6 Å². The van der Waals surface area contributed by atoms with Crippen molar-refractivity contribution in [3.8, 4) is 11.1 Å². The molecule has 0 bridgehead atoms. The smallest absolute Gasteiger partial charge is 0.228 e. The second kappa shape index (κ2) is 9.33. The van der Waals surface area contributed by atoms with Crippen LogP contribution in [0.3, 0.4) is 0 Å². The molecule has 4 heterocycles. The monoisotopic (exact) mass is 451 g/mol. The molecule has 6 nitrogen and oxygen atoms in total. The zero-order valence-corrected chi connectivity index (χ0v) is 20.1. The van der Waals surface area contributed by atoms with Crippen molar-refractivity contribution in [2.75, 3.05) is 63.8 Å². The van der Waals surface area contributed by atoms with E-state index in [1.54, 1.807) is 18.4 Å². The highest BCUT2D eigenvalue weighted by Crippen LogP contribution is 2.40. The van der Waals surface area contributed by atoms with E-state index in [-0.39, 0.29) is 0 Å². The maximum Gasteiger partial charge on any atom is 0.228 e. The van der Waals surface area contributed by atoms with Crippen molar-refractivity contribution in [2.24, 2.45) is 5.92 Å². The Bertz CT molecular complexity index is 1050. The minimum atomic E-state index is 0.464. The number of aromatic nitrogens is 2. The van der Waals surface area contributed by atoms with Gasteiger partial charge >= 0.3 is 0 Å². The summed E-state index contributed by atoms with van der Waals surface area (Å²) in [5.41, 5.74) is 2.48. The molecule has 5 rings (SSSR count). The number of nitrogens with zero attached hydrogens (tertiary/aromatic N) is 5. The summed E-state index contributed by atoms with van der Waals surface area (Å²) in [4.78, 5) is 18.5. The molecule has 0 amide bonds. The van der Waals surface area contributed by atoms with Crippen LogP contribution in [0.1, 0.15) is 19.3 Å². The highest BCUT2D eigenvalue weighted by molar-refractivity contribution is 7.17. The van der Waals surface area contributed by atoms with Gasteiger partial charge < -0.3 is 19.4 Å². The third kappa shape index (κ3) is 4.21. The molecule has 0 N–H and O–H groups in total. The molecular formula is C25H33N5OS. The molecule has 0 aliphatic carbocycles. The Hall–Kier alpha value is -2.22. The topological polar surface area (TPSA) is 44.7 Å². The van der Waals surface area contributed by atoms with Gasteiger partial charge in [-0.25, -0.2) is 4.98 Å². The van der Waals surface area contributed by atoms with E-state index in [2.05, 4.69) is 64.5 Å². The summed E-state index contributed by atoms with van der Waals surface area (Å²) in [6, 6.07) is 11.1. The van der Waals surface area contributed by atoms with E-state index in [1.165, 1.54) is 16.5 Å². The minimum absolute atomic E-state index is 0.464. The number of likely N-dealkylation sites (tertiary alicyclic amines) is 1. The standard InChI is InChI=1S/C25H33N5OS/c1-28-12-11-20(15-28)29(2)25-26-23(30-13-9-18(10-14-30)16-31-3)22-21(17-32-24(22)27-25)19-7-5-4-6-8-19/h4-8,17-18,20H,9-16H2,1-3H3. The first-order valence-corrected chi connectivity index (χ1v) is 12.5. The third-order valence-electron chi connectivity index (χ3n) is 7.03. The number of thiophene rings is 1. The van der Waals surface area contributed by atoms with Crippen molar-refractivity contribution in [1.82, 2.24) is 14.9 Å². The summed E-state index contributed by atoms with van der Waals surface area (Å²) < 4.78 is 5.42. The SMILES string of the molecule is COCC1CCN(c2nc(N(C)C3CCN(C)C3)nc3scc(-c4ccccc4)c23)CC1. The second-order valence-electron chi connectivity index (χ2n) is 9.24. The van der Waals surface area contributed by atoms with E-state index in [1.807, 2.05) is 0 Å². The van der Waals surface area contributed by atoms with E-state index in [4.69, 9.17) is 14.7 Å². The minimum Gasteiger partial charge on any atom is -0.384 e. The van der Waals surface area contributed by atoms with Gasteiger partial charge in [0.05, 0.1) is 5.39 Å². The van der Waals surface area contributed by atoms with Gasteiger partial charge in [-0.3, -0.25) is 0 Å². The largest absolute Gasteiger partial charge is 0.384 e. The molecule has 0 spiro atoms. The van der Waals surface area contributed by atoms with Gasteiger partial charge in [0.25, 0.3) is 0 Å². The van der Waals surface area contributed by atoms with Crippen LogP contribution >= 0.6 is 11.3 Å². The molecule has 2 saturated heterocycles. The number of benzene rings is 1. The highest BCUT2D eigenvalue weighted by atomic mass is 32.1. The van der Waals surface area contributed by atoms with Crippen molar-refractivity contribution in [2.45, 2.75) is 25.3 Å². The number of anilines is 2. The lowest BCUT2D eigenvalue weighted by atomic mass is 9.97. The maximum atomic E-state index is 5.42. The summed E-state index contributed by atoms with van der Waals surface area (Å²) in [6.45, 7) is 5.08. The van der Waals surface area contributed by atoms with Crippen LogP contribution in [0, 0.1) is 5.92 Å². The van der Waals surface area contributed by atoms with E-state index in [9.17, 15) is 0 Å². The highest BCUT2D eigenvalue weighted by Gasteiger charge is 2.28. The van der Waals surface area contributed by atoms with Crippen LogP contribution in [-0.2, 0) is 4.74 Å². The summed E-state index contributed by atoms with van der Waals surface area (Å²) >= 11 is 1.74. The van der Waals surface area contributed by atoms with Crippen LogP contribution in [0.4, 0.5) is 11.8 Å². The van der Waals surface area contributed by atoms with Crippen molar-refractivity contribution >= 4 is 33.3 Å². The van der Waals surface area contributed by atoms with Crippen LogP contribution in [0.5, 0.6) is 0 Å². The number of hydrogen-bond donors (Lipinski definition) is 0. The van der Waals surface area contributed by atoms with Gasteiger partial charge in [-0.2, -0.15) is 4.98 Å². The van der Waals surface area contributed by atoms with Crippen LogP contribution in [0.15, 0.2) is 35.7 Å². The fraction of sp³-hybridized carbons (Fsp3) is 0.520. The Labute approximate surface area is 194 Å². The summed E-state index contributed by atoms with van der Waals surface area (Å²) in [7, 11) is 6.16. The fourth-order valence-corrected chi connectivity index (χ4v) is 6.00. The lowest BCUT2D eigenvalue weighted by Gasteiger charge is -2.34. The quantitative estimate of drug-likeness (QED) is 0.555. The zero-order chi connectivity index (χ0) is 22.1. The maximum absolute atomic E-state index is 5.42. The van der Waals surface area contributed by atoms with Crippen molar-refractivity contribution < 1.29 is 4.74 Å². The predicted molar refractivity (Wildman–Crippen MR) is 134 cm³/mol. The van der Waals surface area contributed by atoms with Crippen molar-refractivity contribution in [3.63, 3.8) is 0 Å². The van der Waals surface area contributed by atoms with Crippen LogP contribution in [0.2, 0.25) is 0 Å². The van der Waals surface area contributed by atoms with Crippen LogP contribution in [-0.4, -0.2) is 74.9 Å². The molecule has 7 heteroatoms. The molecule has 0 radical (unpaired) electrons. The fourth-order valence-electron chi connectivity index (χ4n) is 5.07. The molecule has 2 fully saturated rings. The summed E-state index contributed by atoms with van der Waals surface area (Å²) in [5.74, 6) is 2.59. The molecule has 2 aromatic heterocycles. The molecule has 32 heavy (non-hydrogen) atoms. The van der Waals surface area contributed by atoms with Gasteiger partial charge in [-0.05, 0) is 44.3 Å². The molecule has 170 valence electrons. The van der Waals surface area contributed by atoms with Crippen LogP contribution in [0.25, 0.3) is 21.3 Å². The van der Waals surface area contributed by atoms with Gasteiger partial charge in [0.2, 0.25) is 5.95 Å².